The van der Waals surface area contributed by atoms with Gasteiger partial charge >= 0.3 is 0 Å². The highest BCUT2D eigenvalue weighted by Gasteiger charge is 2.36. The van der Waals surface area contributed by atoms with E-state index in [0.717, 1.165) is 30.8 Å². The maximum absolute atomic E-state index is 10.2. The van der Waals surface area contributed by atoms with Gasteiger partial charge in [0, 0.05) is 6.61 Å². The molecule has 0 saturated carbocycles. The van der Waals surface area contributed by atoms with E-state index in [1.54, 1.807) is 7.11 Å². The third-order valence-electron chi connectivity index (χ3n) is 4.39. The lowest BCUT2D eigenvalue weighted by atomic mass is 10.1. The van der Waals surface area contributed by atoms with Gasteiger partial charge in [0.25, 0.3) is 0 Å². The highest BCUT2D eigenvalue weighted by molar-refractivity contribution is 6.74. The molecule has 0 aliphatic rings. The van der Waals surface area contributed by atoms with Gasteiger partial charge in [0.2, 0.25) is 0 Å². The lowest BCUT2D eigenvalue weighted by Crippen LogP contribution is -2.41. The fourth-order valence-electron chi connectivity index (χ4n) is 1.81. The van der Waals surface area contributed by atoms with Crippen LogP contribution in [0.3, 0.4) is 0 Å². The molecule has 0 fully saturated rings. The number of benzene rings is 1. The number of aliphatic hydroxyl groups excluding tert-OH is 1. The van der Waals surface area contributed by atoms with Crippen LogP contribution < -0.4 is 4.74 Å². The minimum atomic E-state index is -1.67. The second kappa shape index (κ2) is 7.43. The van der Waals surface area contributed by atoms with Crippen LogP contribution in [0.4, 0.5) is 0 Å². The average Bonchev–Trinajstić information content (AvgIpc) is 2.42. The maximum atomic E-state index is 10.2. The quantitative estimate of drug-likeness (QED) is 0.594. The Hall–Kier alpha value is -0.843. The van der Waals surface area contributed by atoms with Gasteiger partial charge in [-0.3, -0.25) is 0 Å². The van der Waals surface area contributed by atoms with Crippen LogP contribution in [0.2, 0.25) is 18.1 Å². The van der Waals surface area contributed by atoms with Crippen LogP contribution in [0.5, 0.6) is 5.75 Å². The van der Waals surface area contributed by atoms with Gasteiger partial charge in [0.1, 0.15) is 5.75 Å². The van der Waals surface area contributed by atoms with Crippen molar-refractivity contribution in [3.8, 4) is 5.75 Å². The Morgan fingerprint density at radius 2 is 1.71 bits per heavy atom. The van der Waals surface area contributed by atoms with Gasteiger partial charge in [0.05, 0.1) is 13.2 Å². The minimum Gasteiger partial charge on any atom is -0.497 e. The van der Waals surface area contributed by atoms with Crippen LogP contribution in [0, 0.1) is 0 Å². The highest BCUT2D eigenvalue weighted by atomic mass is 28.4. The third kappa shape index (κ3) is 5.45. The molecule has 1 aromatic carbocycles. The van der Waals surface area contributed by atoms with Crippen LogP contribution in [-0.4, -0.2) is 27.1 Å². The largest absolute Gasteiger partial charge is 0.497 e. The molecule has 0 radical (unpaired) electrons. The molecule has 21 heavy (non-hydrogen) atoms. The standard InChI is InChI=1S/C17H30O3Si/c1-17(2,3)21(5,6)20-13-7-8-16(18)14-9-11-15(19-4)12-10-14/h9-12,16,18H,7-8,13H2,1-6H3. The van der Waals surface area contributed by atoms with Crippen molar-refractivity contribution in [1.82, 2.24) is 0 Å². The number of rotatable bonds is 7. The van der Waals surface area contributed by atoms with Crippen molar-refractivity contribution >= 4 is 8.32 Å². The molecule has 0 bridgehead atoms. The zero-order valence-corrected chi connectivity index (χ0v) is 15.3. The maximum Gasteiger partial charge on any atom is 0.191 e. The van der Waals surface area contributed by atoms with Gasteiger partial charge in [0.15, 0.2) is 8.32 Å². The van der Waals surface area contributed by atoms with E-state index >= 15 is 0 Å². The summed E-state index contributed by atoms with van der Waals surface area (Å²) in [6.45, 7) is 12.0. The molecule has 0 aliphatic heterocycles. The predicted molar refractivity (Wildman–Crippen MR) is 90.3 cm³/mol. The topological polar surface area (TPSA) is 38.7 Å². The average molecular weight is 311 g/mol. The number of hydrogen-bond acceptors (Lipinski definition) is 3. The Kier molecular flexibility index (Phi) is 6.44. The first kappa shape index (κ1) is 18.2. The molecule has 1 unspecified atom stereocenters. The molecule has 0 spiro atoms. The van der Waals surface area contributed by atoms with E-state index in [0.29, 0.717) is 0 Å². The van der Waals surface area contributed by atoms with E-state index in [1.807, 2.05) is 24.3 Å². The van der Waals surface area contributed by atoms with Gasteiger partial charge in [-0.25, -0.2) is 0 Å². The first-order chi connectivity index (χ1) is 9.67. The van der Waals surface area contributed by atoms with Crippen LogP contribution in [-0.2, 0) is 4.43 Å². The Morgan fingerprint density at radius 3 is 2.19 bits per heavy atom. The SMILES string of the molecule is COc1ccc(C(O)CCCO[Si](C)(C)C(C)(C)C)cc1. The highest BCUT2D eigenvalue weighted by Crippen LogP contribution is 2.36. The molecular formula is C17H30O3Si. The summed E-state index contributed by atoms with van der Waals surface area (Å²) in [6.07, 6.45) is 1.17. The molecule has 4 heteroatoms. The Bertz CT molecular complexity index is 421. The monoisotopic (exact) mass is 310 g/mol. The van der Waals surface area contributed by atoms with E-state index < -0.39 is 14.4 Å². The van der Waals surface area contributed by atoms with Crippen molar-refractivity contribution in [2.45, 2.75) is 57.8 Å². The summed E-state index contributed by atoms with van der Waals surface area (Å²) < 4.78 is 11.2. The fraction of sp³-hybridized carbons (Fsp3) is 0.647. The van der Waals surface area contributed by atoms with Crippen molar-refractivity contribution in [3.63, 3.8) is 0 Å². The first-order valence-electron chi connectivity index (χ1n) is 7.63. The molecule has 1 aromatic rings. The number of methoxy groups -OCH3 is 1. The summed E-state index contributed by atoms with van der Waals surface area (Å²) in [6, 6.07) is 7.59. The van der Waals surface area contributed by atoms with Gasteiger partial charge in [-0.2, -0.15) is 0 Å². The van der Waals surface area contributed by atoms with E-state index in [-0.39, 0.29) is 5.04 Å². The third-order valence-corrected chi connectivity index (χ3v) is 8.93. The number of hydrogen-bond donors (Lipinski definition) is 1. The zero-order valence-electron chi connectivity index (χ0n) is 14.3. The zero-order chi connectivity index (χ0) is 16.1. The van der Waals surface area contributed by atoms with Crippen LogP contribution >= 0.6 is 0 Å². The van der Waals surface area contributed by atoms with E-state index in [9.17, 15) is 5.11 Å². The van der Waals surface area contributed by atoms with Gasteiger partial charge < -0.3 is 14.3 Å². The first-order valence-corrected chi connectivity index (χ1v) is 10.5. The Labute approximate surface area is 130 Å². The molecule has 0 amide bonds. The predicted octanol–water partition coefficient (Wildman–Crippen LogP) is 4.53. The molecule has 1 atom stereocenters. The number of ether oxygens (including phenoxy) is 1. The molecule has 0 aromatic heterocycles. The Balaban J connectivity index is 2.38. The summed E-state index contributed by atoms with van der Waals surface area (Å²) in [4.78, 5) is 0. The summed E-state index contributed by atoms with van der Waals surface area (Å²) in [5.74, 6) is 0.812. The molecule has 0 saturated heterocycles. The Morgan fingerprint density at radius 1 is 1.14 bits per heavy atom. The van der Waals surface area contributed by atoms with E-state index in [2.05, 4.69) is 33.9 Å². The molecule has 1 rings (SSSR count). The minimum absolute atomic E-state index is 0.238. The van der Waals surface area contributed by atoms with Crippen LogP contribution in [0.15, 0.2) is 24.3 Å². The van der Waals surface area contributed by atoms with E-state index in [1.165, 1.54) is 0 Å². The number of aliphatic hydroxyl groups is 1. The fourth-order valence-corrected chi connectivity index (χ4v) is 2.90. The molecule has 1 N–H and O–H groups in total. The van der Waals surface area contributed by atoms with Crippen molar-refractivity contribution in [2.75, 3.05) is 13.7 Å². The van der Waals surface area contributed by atoms with Crippen LogP contribution in [0.25, 0.3) is 0 Å². The summed E-state index contributed by atoms with van der Waals surface area (Å²) in [7, 11) is -0.0243. The summed E-state index contributed by atoms with van der Waals surface area (Å²) in [5, 5.41) is 10.4. The van der Waals surface area contributed by atoms with Crippen LogP contribution in [0.1, 0.15) is 45.3 Å². The van der Waals surface area contributed by atoms with Gasteiger partial charge in [-0.15, -0.1) is 0 Å². The lowest BCUT2D eigenvalue weighted by Gasteiger charge is -2.36. The van der Waals surface area contributed by atoms with Gasteiger partial charge in [-0.1, -0.05) is 32.9 Å². The summed E-state index contributed by atoms with van der Waals surface area (Å²) in [5.41, 5.74) is 0.933. The smallest absolute Gasteiger partial charge is 0.191 e. The molecule has 0 aliphatic carbocycles. The molecule has 3 nitrogen and oxygen atoms in total. The van der Waals surface area contributed by atoms with E-state index in [4.69, 9.17) is 9.16 Å². The van der Waals surface area contributed by atoms with Gasteiger partial charge in [-0.05, 0) is 48.7 Å². The molecule has 120 valence electrons. The molecular weight excluding hydrogens is 280 g/mol. The van der Waals surface area contributed by atoms with Crippen molar-refractivity contribution in [2.24, 2.45) is 0 Å². The second-order valence-electron chi connectivity index (χ2n) is 7.04. The second-order valence-corrected chi connectivity index (χ2v) is 11.8. The van der Waals surface area contributed by atoms with Crippen molar-refractivity contribution < 1.29 is 14.3 Å². The lowest BCUT2D eigenvalue weighted by molar-refractivity contribution is 0.152. The van der Waals surface area contributed by atoms with Crippen molar-refractivity contribution in [1.29, 1.82) is 0 Å². The molecule has 0 heterocycles. The normalized spacial score (nSPS) is 14.0. The summed E-state index contributed by atoms with van der Waals surface area (Å²) >= 11 is 0. The van der Waals surface area contributed by atoms with Crippen molar-refractivity contribution in [3.05, 3.63) is 29.8 Å².